The Morgan fingerprint density at radius 2 is 1.90 bits per heavy atom. The third kappa shape index (κ3) is 4.36. The number of benzene rings is 1. The van der Waals surface area contributed by atoms with E-state index in [1.807, 2.05) is 24.0 Å². The number of aryl methyl sites for hydroxylation is 1. The van der Waals surface area contributed by atoms with Crippen LogP contribution in [0.4, 0.5) is 8.78 Å². The summed E-state index contributed by atoms with van der Waals surface area (Å²) in [6.45, 7) is 5.75. The molecular weight excluding hydrogens is 272 g/mol. The lowest BCUT2D eigenvalue weighted by Gasteiger charge is -2.17. The van der Waals surface area contributed by atoms with Gasteiger partial charge in [0.2, 0.25) is 0 Å². The summed E-state index contributed by atoms with van der Waals surface area (Å²) in [5, 5.41) is 7.68. The molecular formula is C16H21F2N3. The Bertz CT molecular complexity index is 560. The van der Waals surface area contributed by atoms with E-state index in [0.29, 0.717) is 12.0 Å². The molecule has 114 valence electrons. The molecule has 0 aliphatic carbocycles. The van der Waals surface area contributed by atoms with Crippen LogP contribution >= 0.6 is 0 Å². The van der Waals surface area contributed by atoms with E-state index < -0.39 is 11.6 Å². The van der Waals surface area contributed by atoms with Gasteiger partial charge in [-0.1, -0.05) is 6.92 Å². The molecule has 1 atom stereocenters. The highest BCUT2D eigenvalue weighted by Gasteiger charge is 2.14. The maximum absolute atomic E-state index is 13.3. The maximum Gasteiger partial charge on any atom is 0.126 e. The molecule has 1 heterocycles. The van der Waals surface area contributed by atoms with Gasteiger partial charge in [0.05, 0.1) is 6.20 Å². The minimum absolute atomic E-state index is 0.00597. The van der Waals surface area contributed by atoms with Gasteiger partial charge in [-0.15, -0.1) is 0 Å². The first-order valence-corrected chi connectivity index (χ1v) is 7.33. The largest absolute Gasteiger partial charge is 0.310 e. The average molecular weight is 293 g/mol. The van der Waals surface area contributed by atoms with Crippen LogP contribution in [-0.2, 0) is 13.0 Å². The highest BCUT2D eigenvalue weighted by molar-refractivity contribution is 5.22. The Morgan fingerprint density at radius 1 is 1.19 bits per heavy atom. The van der Waals surface area contributed by atoms with E-state index in [9.17, 15) is 8.78 Å². The number of hydrogen-bond donors (Lipinski definition) is 1. The zero-order chi connectivity index (χ0) is 15.2. The Balaban J connectivity index is 2.19. The van der Waals surface area contributed by atoms with Gasteiger partial charge >= 0.3 is 0 Å². The second-order valence-corrected chi connectivity index (χ2v) is 5.12. The first-order valence-electron chi connectivity index (χ1n) is 7.33. The SMILES string of the molecule is CCCNC(Cc1cc(F)cc(F)c1)c1cnn(CC)c1. The number of hydrogen-bond acceptors (Lipinski definition) is 2. The van der Waals surface area contributed by atoms with E-state index in [1.165, 1.54) is 12.1 Å². The minimum atomic E-state index is -0.538. The molecule has 3 nitrogen and oxygen atoms in total. The molecule has 1 aromatic carbocycles. The van der Waals surface area contributed by atoms with Gasteiger partial charge in [0.1, 0.15) is 11.6 Å². The maximum atomic E-state index is 13.3. The second-order valence-electron chi connectivity index (χ2n) is 5.12. The van der Waals surface area contributed by atoms with Crippen LogP contribution < -0.4 is 5.32 Å². The number of aromatic nitrogens is 2. The minimum Gasteiger partial charge on any atom is -0.310 e. The van der Waals surface area contributed by atoms with Crippen molar-refractivity contribution in [2.24, 2.45) is 0 Å². The van der Waals surface area contributed by atoms with E-state index in [0.717, 1.165) is 31.1 Å². The summed E-state index contributed by atoms with van der Waals surface area (Å²) in [6, 6.07) is 3.67. The molecule has 0 radical (unpaired) electrons. The molecule has 21 heavy (non-hydrogen) atoms. The molecule has 1 unspecified atom stereocenters. The Kier molecular flexibility index (Phi) is 5.44. The molecule has 0 fully saturated rings. The summed E-state index contributed by atoms with van der Waals surface area (Å²) in [5.74, 6) is -1.08. The molecule has 0 saturated carbocycles. The quantitative estimate of drug-likeness (QED) is 0.847. The van der Waals surface area contributed by atoms with Gasteiger partial charge in [-0.25, -0.2) is 8.78 Å². The van der Waals surface area contributed by atoms with Gasteiger partial charge < -0.3 is 5.32 Å². The first-order chi connectivity index (χ1) is 10.1. The third-order valence-corrected chi connectivity index (χ3v) is 3.38. The smallest absolute Gasteiger partial charge is 0.126 e. The van der Waals surface area contributed by atoms with E-state index >= 15 is 0 Å². The summed E-state index contributed by atoms with van der Waals surface area (Å²) in [5.41, 5.74) is 1.68. The van der Waals surface area contributed by atoms with E-state index in [1.54, 1.807) is 0 Å². The van der Waals surface area contributed by atoms with Gasteiger partial charge in [-0.3, -0.25) is 4.68 Å². The van der Waals surface area contributed by atoms with Crippen molar-refractivity contribution in [2.45, 2.75) is 39.3 Å². The van der Waals surface area contributed by atoms with Gasteiger partial charge in [0, 0.05) is 30.4 Å². The molecule has 1 N–H and O–H groups in total. The van der Waals surface area contributed by atoms with Gasteiger partial charge in [-0.2, -0.15) is 5.10 Å². The summed E-state index contributed by atoms with van der Waals surface area (Å²) in [6.07, 6.45) is 5.31. The van der Waals surface area contributed by atoms with Crippen molar-refractivity contribution in [1.82, 2.24) is 15.1 Å². The number of rotatable bonds is 7. The molecule has 0 bridgehead atoms. The Labute approximate surface area is 124 Å². The normalized spacial score (nSPS) is 12.6. The van der Waals surface area contributed by atoms with Crippen LogP contribution in [-0.4, -0.2) is 16.3 Å². The summed E-state index contributed by atoms with van der Waals surface area (Å²) >= 11 is 0. The zero-order valence-electron chi connectivity index (χ0n) is 12.4. The van der Waals surface area contributed by atoms with Crippen LogP contribution in [0, 0.1) is 11.6 Å². The topological polar surface area (TPSA) is 29.9 Å². The molecule has 0 amide bonds. The van der Waals surface area contributed by atoms with E-state index in [-0.39, 0.29) is 6.04 Å². The third-order valence-electron chi connectivity index (χ3n) is 3.38. The van der Waals surface area contributed by atoms with Crippen LogP contribution in [0.3, 0.4) is 0 Å². The first kappa shape index (κ1) is 15.6. The van der Waals surface area contributed by atoms with Crippen molar-refractivity contribution < 1.29 is 8.78 Å². The van der Waals surface area contributed by atoms with Crippen LogP contribution in [0.15, 0.2) is 30.6 Å². The molecule has 2 rings (SSSR count). The fourth-order valence-corrected chi connectivity index (χ4v) is 2.32. The van der Waals surface area contributed by atoms with Gasteiger partial charge in [0.15, 0.2) is 0 Å². The van der Waals surface area contributed by atoms with Gasteiger partial charge in [0.25, 0.3) is 0 Å². The fourth-order valence-electron chi connectivity index (χ4n) is 2.32. The van der Waals surface area contributed by atoms with Crippen LogP contribution in [0.25, 0.3) is 0 Å². The van der Waals surface area contributed by atoms with Crippen molar-refractivity contribution in [3.8, 4) is 0 Å². The lowest BCUT2D eigenvalue weighted by Crippen LogP contribution is -2.24. The van der Waals surface area contributed by atoms with Crippen molar-refractivity contribution in [1.29, 1.82) is 0 Å². The predicted molar refractivity (Wildman–Crippen MR) is 79.0 cm³/mol. The summed E-state index contributed by atoms with van der Waals surface area (Å²) in [4.78, 5) is 0. The fraction of sp³-hybridized carbons (Fsp3) is 0.438. The summed E-state index contributed by atoms with van der Waals surface area (Å²) in [7, 11) is 0. The standard InChI is InChI=1S/C16H21F2N3/c1-3-5-19-16(13-10-20-21(4-2)11-13)8-12-6-14(17)9-15(18)7-12/h6-7,9-11,16,19H,3-5,8H2,1-2H3. The van der Waals surface area contributed by atoms with Crippen molar-refractivity contribution in [3.63, 3.8) is 0 Å². The number of nitrogens with zero attached hydrogens (tertiary/aromatic N) is 2. The lowest BCUT2D eigenvalue weighted by atomic mass is 10.0. The van der Waals surface area contributed by atoms with E-state index in [4.69, 9.17) is 0 Å². The van der Waals surface area contributed by atoms with Gasteiger partial charge in [-0.05, 0) is 44.0 Å². The van der Waals surface area contributed by atoms with Crippen molar-refractivity contribution in [3.05, 3.63) is 53.4 Å². The lowest BCUT2D eigenvalue weighted by molar-refractivity contribution is 0.521. The Morgan fingerprint density at radius 3 is 2.48 bits per heavy atom. The van der Waals surface area contributed by atoms with Crippen LogP contribution in [0.1, 0.15) is 37.4 Å². The summed E-state index contributed by atoms with van der Waals surface area (Å²) < 4.78 is 28.5. The molecule has 0 aliphatic heterocycles. The van der Waals surface area contributed by atoms with E-state index in [2.05, 4.69) is 17.3 Å². The number of nitrogens with one attached hydrogen (secondary N) is 1. The number of halogens is 2. The average Bonchev–Trinajstić information content (AvgIpc) is 2.91. The predicted octanol–water partition coefficient (Wildman–Crippen LogP) is 3.46. The molecule has 1 aromatic heterocycles. The van der Waals surface area contributed by atoms with Crippen molar-refractivity contribution >= 4 is 0 Å². The molecule has 0 aliphatic rings. The van der Waals surface area contributed by atoms with Crippen molar-refractivity contribution in [2.75, 3.05) is 6.54 Å². The molecule has 2 aromatic rings. The highest BCUT2D eigenvalue weighted by Crippen LogP contribution is 2.19. The zero-order valence-corrected chi connectivity index (χ0v) is 12.4. The molecule has 0 saturated heterocycles. The van der Waals surface area contributed by atoms with Crippen LogP contribution in [0.2, 0.25) is 0 Å². The molecule has 5 heteroatoms. The highest BCUT2D eigenvalue weighted by atomic mass is 19.1. The monoisotopic (exact) mass is 293 g/mol. The Hall–Kier alpha value is -1.75. The molecule has 0 spiro atoms. The van der Waals surface area contributed by atoms with Crippen LogP contribution in [0.5, 0.6) is 0 Å². The second kappa shape index (κ2) is 7.31.